The number of hydrogen-bond acceptors (Lipinski definition) is 6. The zero-order chi connectivity index (χ0) is 21.3. The Morgan fingerprint density at radius 1 is 0.633 bits per heavy atom. The third-order valence-electron chi connectivity index (χ3n) is 4.31. The van der Waals surface area contributed by atoms with Crippen molar-refractivity contribution in [1.82, 2.24) is 0 Å². The molecule has 0 saturated carbocycles. The van der Waals surface area contributed by atoms with Crippen molar-refractivity contribution in [2.24, 2.45) is 0 Å². The van der Waals surface area contributed by atoms with Crippen LogP contribution >= 0.6 is 0 Å². The second kappa shape index (κ2) is 10.1. The lowest BCUT2D eigenvalue weighted by molar-refractivity contribution is -0.139. The van der Waals surface area contributed by atoms with Crippen LogP contribution in [0.15, 0.2) is 73.8 Å². The first kappa shape index (κ1) is 20.9. The smallest absolute Gasteiger partial charge is 0.330 e. The molecule has 0 unspecified atom stereocenters. The van der Waals surface area contributed by atoms with Crippen molar-refractivity contribution in [1.29, 1.82) is 0 Å². The minimum atomic E-state index is -0.491. The van der Waals surface area contributed by atoms with Gasteiger partial charge in [0.05, 0.1) is 0 Å². The van der Waals surface area contributed by atoms with E-state index in [9.17, 15) is 9.59 Å². The van der Waals surface area contributed by atoms with E-state index in [1.807, 2.05) is 48.5 Å². The molecule has 6 heteroatoms. The van der Waals surface area contributed by atoms with E-state index in [-0.39, 0.29) is 26.4 Å². The molecule has 0 aliphatic heterocycles. The standard InChI is InChI=1S/C24H22O6/c1-3-21(25)27-13-15-29-23-17-9-5-7-11-19(17)24(20-12-8-6-10-18(20)23)30-16-14-28-22(26)4-2/h3-12H,1-2,13-16H2. The fourth-order valence-electron chi connectivity index (χ4n) is 3.05. The topological polar surface area (TPSA) is 71.1 Å². The number of fused-ring (bicyclic) bond motifs is 2. The number of hydrogen-bond donors (Lipinski definition) is 0. The summed E-state index contributed by atoms with van der Waals surface area (Å²) in [6.45, 7) is 7.37. The molecule has 0 aliphatic carbocycles. The molecule has 0 amide bonds. The lowest BCUT2D eigenvalue weighted by atomic mass is 10.0. The molecule has 0 atom stereocenters. The van der Waals surface area contributed by atoms with E-state index in [2.05, 4.69) is 13.2 Å². The Morgan fingerprint density at radius 3 is 1.27 bits per heavy atom. The van der Waals surface area contributed by atoms with Crippen molar-refractivity contribution in [3.8, 4) is 11.5 Å². The van der Waals surface area contributed by atoms with E-state index in [1.165, 1.54) is 0 Å². The van der Waals surface area contributed by atoms with Gasteiger partial charge < -0.3 is 18.9 Å². The summed E-state index contributed by atoms with van der Waals surface area (Å²) in [7, 11) is 0. The zero-order valence-corrected chi connectivity index (χ0v) is 16.5. The molecule has 0 radical (unpaired) electrons. The maximum atomic E-state index is 11.2. The largest absolute Gasteiger partial charge is 0.489 e. The van der Waals surface area contributed by atoms with Crippen molar-refractivity contribution in [3.05, 3.63) is 73.8 Å². The van der Waals surface area contributed by atoms with E-state index in [1.54, 1.807) is 0 Å². The highest BCUT2D eigenvalue weighted by molar-refractivity contribution is 6.11. The predicted octanol–water partition coefficient (Wildman–Crippen LogP) is 4.21. The van der Waals surface area contributed by atoms with E-state index in [0.29, 0.717) is 11.5 Å². The van der Waals surface area contributed by atoms with Gasteiger partial charge in [-0.1, -0.05) is 61.7 Å². The second-order valence-electron chi connectivity index (χ2n) is 6.19. The van der Waals surface area contributed by atoms with Gasteiger partial charge in [-0.25, -0.2) is 9.59 Å². The predicted molar refractivity (Wildman–Crippen MR) is 115 cm³/mol. The Balaban J connectivity index is 1.91. The highest BCUT2D eigenvalue weighted by Crippen LogP contribution is 2.42. The number of rotatable bonds is 10. The van der Waals surface area contributed by atoms with Gasteiger partial charge in [-0.3, -0.25) is 0 Å². The summed E-state index contributed by atoms with van der Waals surface area (Å²) in [6.07, 6.45) is 2.23. The van der Waals surface area contributed by atoms with E-state index < -0.39 is 11.9 Å². The van der Waals surface area contributed by atoms with Gasteiger partial charge in [-0.05, 0) is 0 Å². The van der Waals surface area contributed by atoms with Crippen molar-refractivity contribution in [2.75, 3.05) is 26.4 Å². The molecular formula is C24H22O6. The molecule has 0 saturated heterocycles. The van der Waals surface area contributed by atoms with Crippen molar-refractivity contribution >= 4 is 33.5 Å². The first-order chi connectivity index (χ1) is 14.7. The number of carbonyl (C=O) groups is 2. The Hall–Kier alpha value is -3.80. The van der Waals surface area contributed by atoms with Gasteiger partial charge in [0.2, 0.25) is 0 Å². The normalized spacial score (nSPS) is 10.4. The van der Waals surface area contributed by atoms with Crippen LogP contribution in [0.25, 0.3) is 21.5 Å². The number of benzene rings is 3. The van der Waals surface area contributed by atoms with Crippen LogP contribution in [-0.4, -0.2) is 38.4 Å². The lowest BCUT2D eigenvalue weighted by Crippen LogP contribution is -2.11. The van der Waals surface area contributed by atoms with Gasteiger partial charge in [-0.15, -0.1) is 0 Å². The lowest BCUT2D eigenvalue weighted by Gasteiger charge is -2.17. The maximum Gasteiger partial charge on any atom is 0.330 e. The molecular weight excluding hydrogens is 384 g/mol. The van der Waals surface area contributed by atoms with Crippen molar-refractivity contribution < 1.29 is 28.5 Å². The molecule has 0 spiro atoms. The Kier molecular flexibility index (Phi) is 7.05. The number of esters is 2. The van der Waals surface area contributed by atoms with Gasteiger partial charge >= 0.3 is 11.9 Å². The fraction of sp³-hybridized carbons (Fsp3) is 0.167. The van der Waals surface area contributed by atoms with Crippen LogP contribution in [0.4, 0.5) is 0 Å². The van der Waals surface area contributed by atoms with E-state index in [4.69, 9.17) is 18.9 Å². The monoisotopic (exact) mass is 406 g/mol. The molecule has 3 aromatic carbocycles. The third-order valence-corrected chi connectivity index (χ3v) is 4.31. The summed E-state index contributed by atoms with van der Waals surface area (Å²) in [4.78, 5) is 22.5. The SMILES string of the molecule is C=CC(=O)OCCOc1c2ccccc2c(OCCOC(=O)C=C)c2ccccc12. The van der Waals surface area contributed by atoms with Gasteiger partial charge in [0.25, 0.3) is 0 Å². The van der Waals surface area contributed by atoms with Crippen LogP contribution in [0.3, 0.4) is 0 Å². The van der Waals surface area contributed by atoms with E-state index in [0.717, 1.165) is 33.7 Å². The summed E-state index contributed by atoms with van der Waals surface area (Å²) >= 11 is 0. The fourth-order valence-corrected chi connectivity index (χ4v) is 3.05. The number of carbonyl (C=O) groups excluding carboxylic acids is 2. The first-order valence-electron chi connectivity index (χ1n) is 9.43. The van der Waals surface area contributed by atoms with Crippen LogP contribution < -0.4 is 9.47 Å². The molecule has 0 aromatic heterocycles. The molecule has 3 aromatic rings. The van der Waals surface area contributed by atoms with Crippen LogP contribution in [-0.2, 0) is 19.1 Å². The quantitative estimate of drug-likeness (QED) is 0.217. The Morgan fingerprint density at radius 2 is 0.967 bits per heavy atom. The Labute approximate surface area is 174 Å². The summed E-state index contributed by atoms with van der Waals surface area (Å²) in [6, 6.07) is 15.4. The van der Waals surface area contributed by atoms with Crippen LogP contribution in [0.1, 0.15) is 0 Å². The van der Waals surface area contributed by atoms with E-state index >= 15 is 0 Å². The number of ether oxygens (including phenoxy) is 4. The summed E-state index contributed by atoms with van der Waals surface area (Å²) in [5.74, 6) is 0.381. The average molecular weight is 406 g/mol. The molecule has 3 rings (SSSR count). The molecule has 0 N–H and O–H groups in total. The van der Waals surface area contributed by atoms with Gasteiger partial charge in [0, 0.05) is 33.7 Å². The van der Waals surface area contributed by atoms with Gasteiger partial charge in [0.1, 0.15) is 37.9 Å². The highest BCUT2D eigenvalue weighted by Gasteiger charge is 2.16. The Bertz CT molecular complexity index is 943. The molecule has 0 bridgehead atoms. The average Bonchev–Trinajstić information content (AvgIpc) is 2.79. The third kappa shape index (κ3) is 4.78. The molecule has 0 heterocycles. The van der Waals surface area contributed by atoms with Gasteiger partial charge in [-0.2, -0.15) is 0 Å². The molecule has 0 aliphatic rings. The van der Waals surface area contributed by atoms with Crippen LogP contribution in [0, 0.1) is 0 Å². The molecule has 30 heavy (non-hydrogen) atoms. The van der Waals surface area contributed by atoms with Gasteiger partial charge in [0.15, 0.2) is 0 Å². The second-order valence-corrected chi connectivity index (χ2v) is 6.19. The summed E-state index contributed by atoms with van der Waals surface area (Å²) < 4.78 is 22.0. The molecule has 6 nitrogen and oxygen atoms in total. The van der Waals surface area contributed by atoms with Crippen LogP contribution in [0.5, 0.6) is 11.5 Å². The highest BCUT2D eigenvalue weighted by atomic mass is 16.6. The summed E-state index contributed by atoms with van der Waals surface area (Å²) in [5.41, 5.74) is 0. The minimum absolute atomic E-state index is 0.112. The van der Waals surface area contributed by atoms with Crippen LogP contribution in [0.2, 0.25) is 0 Å². The molecule has 154 valence electrons. The van der Waals surface area contributed by atoms with Crippen molar-refractivity contribution in [3.63, 3.8) is 0 Å². The zero-order valence-electron chi connectivity index (χ0n) is 16.5. The first-order valence-corrected chi connectivity index (χ1v) is 9.43. The maximum absolute atomic E-state index is 11.2. The molecule has 0 fully saturated rings. The van der Waals surface area contributed by atoms with Crippen molar-refractivity contribution in [2.45, 2.75) is 0 Å². The summed E-state index contributed by atoms with van der Waals surface area (Å²) in [5, 5.41) is 3.46. The minimum Gasteiger partial charge on any atom is -0.489 e.